The maximum atomic E-state index is 13.8. The summed E-state index contributed by atoms with van der Waals surface area (Å²) in [7, 11) is 0. The summed E-state index contributed by atoms with van der Waals surface area (Å²) in [6.45, 7) is 2.12. The summed E-state index contributed by atoms with van der Waals surface area (Å²) in [5.41, 5.74) is 1.59. The highest BCUT2D eigenvalue weighted by Crippen LogP contribution is 2.24. The molecule has 1 heterocycles. The fourth-order valence-electron chi connectivity index (χ4n) is 2.45. The van der Waals surface area contributed by atoms with Crippen molar-refractivity contribution >= 4 is 23.3 Å². The van der Waals surface area contributed by atoms with Gasteiger partial charge >= 0.3 is 6.03 Å². The molecule has 0 bridgehead atoms. The van der Waals surface area contributed by atoms with Crippen LogP contribution >= 0.6 is 11.6 Å². The number of anilines is 1. The molecule has 0 aliphatic heterocycles. The van der Waals surface area contributed by atoms with Gasteiger partial charge in [-0.25, -0.2) is 14.2 Å². The predicted octanol–water partition coefficient (Wildman–Crippen LogP) is 4.81. The number of rotatable bonds is 5. The van der Waals surface area contributed by atoms with Crippen LogP contribution in [-0.2, 0) is 6.42 Å². The van der Waals surface area contributed by atoms with Gasteiger partial charge in [0.1, 0.15) is 11.6 Å². The number of hydrogen-bond acceptors (Lipinski definition) is 3. The SMILES string of the molecule is Cc1oc(-c2ccccc2F)nc1CCNC(=O)Nc1cccc(Cl)c1. The number of carbonyl (C=O) groups is 1. The molecule has 134 valence electrons. The van der Waals surface area contributed by atoms with Crippen LogP contribution in [0.1, 0.15) is 11.5 Å². The van der Waals surface area contributed by atoms with E-state index >= 15 is 0 Å². The molecule has 0 atom stereocenters. The summed E-state index contributed by atoms with van der Waals surface area (Å²) in [5.74, 6) is 0.443. The van der Waals surface area contributed by atoms with E-state index in [2.05, 4.69) is 15.6 Å². The van der Waals surface area contributed by atoms with Gasteiger partial charge in [-0.05, 0) is 37.3 Å². The molecule has 0 fully saturated rings. The summed E-state index contributed by atoms with van der Waals surface area (Å²) in [6.07, 6.45) is 0.465. The first-order chi connectivity index (χ1) is 12.5. The molecule has 5 nitrogen and oxygen atoms in total. The molecule has 0 saturated carbocycles. The van der Waals surface area contributed by atoms with Crippen LogP contribution in [0.15, 0.2) is 52.9 Å². The Kier molecular flexibility index (Phi) is 5.53. The van der Waals surface area contributed by atoms with Crippen LogP contribution in [-0.4, -0.2) is 17.6 Å². The molecule has 2 N–H and O–H groups in total. The van der Waals surface area contributed by atoms with E-state index in [1.54, 1.807) is 49.4 Å². The number of amides is 2. The van der Waals surface area contributed by atoms with Crippen LogP contribution < -0.4 is 10.6 Å². The molecule has 1 aromatic heterocycles. The molecule has 7 heteroatoms. The lowest BCUT2D eigenvalue weighted by atomic mass is 10.2. The molecule has 0 radical (unpaired) electrons. The number of urea groups is 1. The fraction of sp³-hybridized carbons (Fsp3) is 0.158. The summed E-state index contributed by atoms with van der Waals surface area (Å²) in [5, 5.41) is 5.98. The molecule has 0 aliphatic rings. The van der Waals surface area contributed by atoms with Crippen LogP contribution in [0.5, 0.6) is 0 Å². The van der Waals surface area contributed by atoms with Gasteiger partial charge in [-0.3, -0.25) is 0 Å². The third-order valence-corrected chi connectivity index (χ3v) is 3.96. The lowest BCUT2D eigenvalue weighted by Crippen LogP contribution is -2.30. The summed E-state index contributed by atoms with van der Waals surface area (Å²) >= 11 is 5.88. The van der Waals surface area contributed by atoms with Gasteiger partial charge in [0.15, 0.2) is 0 Å². The normalized spacial score (nSPS) is 10.6. The summed E-state index contributed by atoms with van der Waals surface area (Å²) in [6, 6.07) is 12.8. The van der Waals surface area contributed by atoms with Crippen molar-refractivity contribution in [3.8, 4) is 11.5 Å². The molecule has 0 spiro atoms. The molecule has 3 aromatic rings. The maximum absolute atomic E-state index is 13.8. The minimum absolute atomic E-state index is 0.235. The van der Waals surface area contributed by atoms with Crippen molar-refractivity contribution in [2.45, 2.75) is 13.3 Å². The molecule has 26 heavy (non-hydrogen) atoms. The van der Waals surface area contributed by atoms with Crippen molar-refractivity contribution in [2.75, 3.05) is 11.9 Å². The number of aryl methyl sites for hydroxylation is 1. The number of carbonyl (C=O) groups excluding carboxylic acids is 1. The monoisotopic (exact) mass is 373 g/mol. The minimum Gasteiger partial charge on any atom is -0.441 e. The van der Waals surface area contributed by atoms with Crippen LogP contribution in [0.3, 0.4) is 0 Å². The number of aromatic nitrogens is 1. The Morgan fingerprint density at radius 1 is 1.23 bits per heavy atom. The third-order valence-electron chi connectivity index (χ3n) is 3.73. The Morgan fingerprint density at radius 3 is 2.81 bits per heavy atom. The molecular formula is C19H17ClFN3O2. The number of oxazole rings is 1. The predicted molar refractivity (Wildman–Crippen MR) is 98.8 cm³/mol. The largest absolute Gasteiger partial charge is 0.441 e. The first-order valence-electron chi connectivity index (χ1n) is 8.04. The van der Waals surface area contributed by atoms with E-state index in [9.17, 15) is 9.18 Å². The van der Waals surface area contributed by atoms with Crippen molar-refractivity contribution in [3.63, 3.8) is 0 Å². The molecular weight excluding hydrogens is 357 g/mol. The first kappa shape index (κ1) is 17.9. The number of benzene rings is 2. The summed E-state index contributed by atoms with van der Waals surface area (Å²) < 4.78 is 19.4. The Morgan fingerprint density at radius 2 is 2.04 bits per heavy atom. The Bertz CT molecular complexity index is 927. The number of nitrogens with zero attached hydrogens (tertiary/aromatic N) is 1. The second-order valence-corrected chi connectivity index (χ2v) is 6.08. The van der Waals surface area contributed by atoms with E-state index in [1.165, 1.54) is 6.07 Å². The van der Waals surface area contributed by atoms with Crippen molar-refractivity contribution < 1.29 is 13.6 Å². The molecule has 0 aliphatic carbocycles. The third kappa shape index (κ3) is 4.40. The highest BCUT2D eigenvalue weighted by Gasteiger charge is 2.14. The standard InChI is InChI=1S/C19H17ClFN3O2/c1-12-17(24-18(26-12)15-7-2-3-8-16(15)21)9-10-22-19(25)23-14-6-4-5-13(20)11-14/h2-8,11H,9-10H2,1H3,(H2,22,23,25). The zero-order chi connectivity index (χ0) is 18.5. The number of halogens is 2. The van der Waals surface area contributed by atoms with Crippen molar-refractivity contribution in [2.24, 2.45) is 0 Å². The zero-order valence-electron chi connectivity index (χ0n) is 14.1. The Balaban J connectivity index is 1.57. The van der Waals surface area contributed by atoms with E-state index in [1.807, 2.05) is 0 Å². The fourth-order valence-corrected chi connectivity index (χ4v) is 2.64. The van der Waals surface area contributed by atoms with Crippen LogP contribution in [0.2, 0.25) is 5.02 Å². The Labute approximate surface area is 155 Å². The van der Waals surface area contributed by atoms with Gasteiger partial charge in [0.05, 0.1) is 11.3 Å². The van der Waals surface area contributed by atoms with Crippen molar-refractivity contribution in [1.29, 1.82) is 0 Å². The van der Waals surface area contributed by atoms with E-state index in [0.717, 1.165) is 0 Å². The van der Waals surface area contributed by atoms with Crippen molar-refractivity contribution in [1.82, 2.24) is 10.3 Å². The van der Waals surface area contributed by atoms with Crippen LogP contribution in [0.4, 0.5) is 14.9 Å². The van der Waals surface area contributed by atoms with E-state index in [0.29, 0.717) is 40.7 Å². The molecule has 3 rings (SSSR count). The topological polar surface area (TPSA) is 67.2 Å². The highest BCUT2D eigenvalue weighted by molar-refractivity contribution is 6.30. The van der Waals surface area contributed by atoms with Gasteiger partial charge in [0.25, 0.3) is 0 Å². The van der Waals surface area contributed by atoms with Crippen LogP contribution in [0.25, 0.3) is 11.5 Å². The van der Waals surface area contributed by atoms with Gasteiger partial charge in [-0.2, -0.15) is 0 Å². The van der Waals surface area contributed by atoms with Gasteiger partial charge < -0.3 is 15.1 Å². The average molecular weight is 374 g/mol. The Hall–Kier alpha value is -2.86. The van der Waals surface area contributed by atoms with Gasteiger partial charge in [-0.1, -0.05) is 29.8 Å². The second-order valence-electron chi connectivity index (χ2n) is 5.64. The number of hydrogen-bond donors (Lipinski definition) is 2. The molecule has 2 amide bonds. The first-order valence-corrected chi connectivity index (χ1v) is 8.42. The maximum Gasteiger partial charge on any atom is 0.319 e. The smallest absolute Gasteiger partial charge is 0.319 e. The van der Waals surface area contributed by atoms with Gasteiger partial charge in [0.2, 0.25) is 5.89 Å². The van der Waals surface area contributed by atoms with Gasteiger partial charge in [0, 0.05) is 23.7 Å². The van der Waals surface area contributed by atoms with E-state index in [4.69, 9.17) is 16.0 Å². The van der Waals surface area contributed by atoms with Gasteiger partial charge in [-0.15, -0.1) is 0 Å². The van der Waals surface area contributed by atoms with Crippen LogP contribution in [0, 0.1) is 12.7 Å². The number of nitrogens with one attached hydrogen (secondary N) is 2. The minimum atomic E-state index is -0.390. The zero-order valence-corrected chi connectivity index (χ0v) is 14.8. The lowest BCUT2D eigenvalue weighted by Gasteiger charge is -2.07. The van der Waals surface area contributed by atoms with E-state index in [-0.39, 0.29) is 17.7 Å². The van der Waals surface area contributed by atoms with Crippen molar-refractivity contribution in [3.05, 3.63) is 70.8 Å². The van der Waals surface area contributed by atoms with E-state index < -0.39 is 0 Å². The summed E-state index contributed by atoms with van der Waals surface area (Å²) in [4.78, 5) is 16.2. The second kappa shape index (κ2) is 8.01. The lowest BCUT2D eigenvalue weighted by molar-refractivity contribution is 0.252. The highest BCUT2D eigenvalue weighted by atomic mass is 35.5. The average Bonchev–Trinajstić information content (AvgIpc) is 2.96. The molecule has 0 saturated heterocycles. The molecule has 2 aromatic carbocycles. The molecule has 0 unspecified atom stereocenters. The quantitative estimate of drug-likeness (QED) is 0.674.